The molecule has 5 heteroatoms. The van der Waals surface area contributed by atoms with Crippen LogP contribution in [0.15, 0.2) is 35.7 Å². The van der Waals surface area contributed by atoms with E-state index in [1.165, 1.54) is 35.3 Å². The van der Waals surface area contributed by atoms with Gasteiger partial charge in [0.05, 0.1) is 25.7 Å². The van der Waals surface area contributed by atoms with E-state index in [1.54, 1.807) is 11.3 Å². The van der Waals surface area contributed by atoms with Crippen LogP contribution >= 0.6 is 11.3 Å². The number of morpholine rings is 1. The lowest BCUT2D eigenvalue weighted by Crippen LogP contribution is -2.43. The number of nitrogens with one attached hydrogen (secondary N) is 1. The maximum atomic E-state index is 12.6. The maximum absolute atomic E-state index is 12.6. The molecule has 144 valence electrons. The van der Waals surface area contributed by atoms with E-state index in [0.717, 1.165) is 38.3 Å². The molecule has 1 aromatic carbocycles. The summed E-state index contributed by atoms with van der Waals surface area (Å²) >= 11 is 1.76. The van der Waals surface area contributed by atoms with E-state index in [9.17, 15) is 4.79 Å². The lowest BCUT2D eigenvalue weighted by atomic mass is 9.90. The van der Waals surface area contributed by atoms with Crippen molar-refractivity contribution in [2.24, 2.45) is 0 Å². The Balaban J connectivity index is 1.36. The molecular weight excluding hydrogens is 356 g/mol. The average Bonchev–Trinajstić information content (AvgIpc) is 3.23. The molecule has 1 atom stereocenters. The first-order valence-electron chi connectivity index (χ1n) is 10.0. The number of hydrogen-bond donors (Lipinski definition) is 1. The number of fused-ring (bicyclic) bond motifs is 1. The van der Waals surface area contributed by atoms with Gasteiger partial charge in [-0.15, -0.1) is 11.3 Å². The Labute approximate surface area is 165 Å². The Morgan fingerprint density at radius 3 is 2.74 bits per heavy atom. The summed E-state index contributed by atoms with van der Waals surface area (Å²) in [5, 5.41) is 5.29. The molecule has 0 saturated carbocycles. The number of ether oxygens (including phenoxy) is 1. The number of rotatable bonds is 6. The van der Waals surface area contributed by atoms with Crippen LogP contribution in [0.5, 0.6) is 0 Å². The molecule has 4 rings (SSSR count). The SMILES string of the molecule is O=C(Cc1ccc2c(c1)CCCC2)NC[C@@H](c1cccs1)N1CCOCC1. The van der Waals surface area contributed by atoms with Gasteiger partial charge in [0.25, 0.3) is 0 Å². The molecule has 1 fully saturated rings. The molecule has 2 aliphatic rings. The third kappa shape index (κ3) is 4.78. The topological polar surface area (TPSA) is 41.6 Å². The highest BCUT2D eigenvalue weighted by molar-refractivity contribution is 7.10. The number of nitrogens with zero attached hydrogens (tertiary/aromatic N) is 1. The number of carbonyl (C=O) groups excluding carboxylic acids is 1. The number of thiophene rings is 1. The van der Waals surface area contributed by atoms with E-state index in [0.29, 0.717) is 13.0 Å². The van der Waals surface area contributed by atoms with Crippen LogP contribution in [0.4, 0.5) is 0 Å². The van der Waals surface area contributed by atoms with Crippen LogP contribution in [0.2, 0.25) is 0 Å². The van der Waals surface area contributed by atoms with Crippen molar-refractivity contribution in [1.29, 1.82) is 0 Å². The molecule has 1 aliphatic carbocycles. The monoisotopic (exact) mass is 384 g/mol. The molecule has 0 spiro atoms. The average molecular weight is 385 g/mol. The van der Waals surface area contributed by atoms with Gasteiger partial charge >= 0.3 is 0 Å². The summed E-state index contributed by atoms with van der Waals surface area (Å²) in [5.41, 5.74) is 4.04. The third-order valence-corrected chi connectivity index (χ3v) is 6.60. The number of carbonyl (C=O) groups is 1. The summed E-state index contributed by atoms with van der Waals surface area (Å²) in [6.07, 6.45) is 5.36. The van der Waals surface area contributed by atoms with E-state index >= 15 is 0 Å². The summed E-state index contributed by atoms with van der Waals surface area (Å²) < 4.78 is 5.49. The van der Waals surface area contributed by atoms with Crippen LogP contribution in [0.25, 0.3) is 0 Å². The Hall–Kier alpha value is -1.69. The van der Waals surface area contributed by atoms with Gasteiger partial charge in [-0.1, -0.05) is 24.3 Å². The zero-order chi connectivity index (χ0) is 18.5. The number of hydrogen-bond acceptors (Lipinski definition) is 4. The first-order chi connectivity index (χ1) is 13.3. The largest absolute Gasteiger partial charge is 0.379 e. The zero-order valence-corrected chi connectivity index (χ0v) is 16.6. The molecule has 0 radical (unpaired) electrons. The lowest BCUT2D eigenvalue weighted by molar-refractivity contribution is -0.120. The molecule has 2 heterocycles. The van der Waals surface area contributed by atoms with Gasteiger partial charge in [-0.3, -0.25) is 9.69 Å². The maximum Gasteiger partial charge on any atom is 0.224 e. The van der Waals surface area contributed by atoms with E-state index in [2.05, 4.69) is 45.9 Å². The van der Waals surface area contributed by atoms with E-state index in [-0.39, 0.29) is 11.9 Å². The van der Waals surface area contributed by atoms with Gasteiger partial charge in [-0.25, -0.2) is 0 Å². The Morgan fingerprint density at radius 1 is 1.15 bits per heavy atom. The molecule has 0 bridgehead atoms. The minimum absolute atomic E-state index is 0.112. The fourth-order valence-corrected chi connectivity index (χ4v) is 5.00. The van der Waals surface area contributed by atoms with Gasteiger partial charge in [0.1, 0.15) is 0 Å². The number of amides is 1. The van der Waals surface area contributed by atoms with Crippen molar-refractivity contribution in [2.75, 3.05) is 32.8 Å². The molecule has 27 heavy (non-hydrogen) atoms. The van der Waals surface area contributed by atoms with Crippen molar-refractivity contribution >= 4 is 17.2 Å². The van der Waals surface area contributed by atoms with Gasteiger partial charge in [0, 0.05) is 24.5 Å². The van der Waals surface area contributed by atoms with Gasteiger partial charge in [-0.05, 0) is 53.8 Å². The highest BCUT2D eigenvalue weighted by Crippen LogP contribution is 2.26. The quantitative estimate of drug-likeness (QED) is 0.830. The van der Waals surface area contributed by atoms with Crippen molar-refractivity contribution in [3.05, 3.63) is 57.3 Å². The van der Waals surface area contributed by atoms with Gasteiger partial charge in [0.15, 0.2) is 0 Å². The van der Waals surface area contributed by atoms with Crippen molar-refractivity contribution in [3.8, 4) is 0 Å². The van der Waals surface area contributed by atoms with Crippen LogP contribution < -0.4 is 5.32 Å². The summed E-state index contributed by atoms with van der Waals surface area (Å²) in [5.74, 6) is 0.112. The Kier molecular flexibility index (Phi) is 6.22. The standard InChI is InChI=1S/C22H28N2O2S/c25-22(15-17-7-8-18-4-1-2-5-19(18)14-17)23-16-20(21-6-3-13-27-21)24-9-11-26-12-10-24/h3,6-8,13-14,20H,1-2,4-5,9-12,15-16H2,(H,23,25)/t20-/m0/s1. The summed E-state index contributed by atoms with van der Waals surface area (Å²) in [7, 11) is 0. The van der Waals surface area contributed by atoms with Crippen LogP contribution in [-0.2, 0) is 28.8 Å². The summed E-state index contributed by atoms with van der Waals surface area (Å²) in [6.45, 7) is 4.03. The molecule has 1 aliphatic heterocycles. The number of aryl methyl sites for hydroxylation is 2. The predicted molar refractivity (Wildman–Crippen MR) is 109 cm³/mol. The van der Waals surface area contributed by atoms with Crippen molar-refractivity contribution < 1.29 is 9.53 Å². The van der Waals surface area contributed by atoms with Gasteiger partial charge in [-0.2, -0.15) is 0 Å². The normalized spacial score (nSPS) is 18.7. The van der Waals surface area contributed by atoms with Crippen LogP contribution in [0.1, 0.15) is 40.5 Å². The highest BCUT2D eigenvalue weighted by atomic mass is 32.1. The molecule has 0 unspecified atom stereocenters. The van der Waals surface area contributed by atoms with Crippen LogP contribution in [0.3, 0.4) is 0 Å². The number of benzene rings is 1. The van der Waals surface area contributed by atoms with E-state index in [1.807, 2.05) is 0 Å². The van der Waals surface area contributed by atoms with Gasteiger partial charge < -0.3 is 10.1 Å². The summed E-state index contributed by atoms with van der Waals surface area (Å²) in [6, 6.07) is 11.1. The molecule has 4 nitrogen and oxygen atoms in total. The minimum atomic E-state index is 0.112. The van der Waals surface area contributed by atoms with Gasteiger partial charge in [0.2, 0.25) is 5.91 Å². The smallest absolute Gasteiger partial charge is 0.224 e. The van der Waals surface area contributed by atoms with E-state index in [4.69, 9.17) is 4.74 Å². The van der Waals surface area contributed by atoms with Crippen LogP contribution in [0, 0.1) is 0 Å². The molecule has 1 amide bonds. The second-order valence-electron chi connectivity index (χ2n) is 7.47. The van der Waals surface area contributed by atoms with Crippen molar-refractivity contribution in [2.45, 2.75) is 38.1 Å². The molecule has 1 aromatic heterocycles. The Bertz CT molecular complexity index is 754. The molecule has 1 N–H and O–H groups in total. The summed E-state index contributed by atoms with van der Waals surface area (Å²) in [4.78, 5) is 16.3. The minimum Gasteiger partial charge on any atom is -0.379 e. The molecule has 2 aromatic rings. The second kappa shape index (κ2) is 9.00. The van der Waals surface area contributed by atoms with Crippen molar-refractivity contribution in [3.63, 3.8) is 0 Å². The fourth-order valence-electron chi connectivity index (χ4n) is 4.13. The Morgan fingerprint density at radius 2 is 1.96 bits per heavy atom. The fraction of sp³-hybridized carbons (Fsp3) is 0.500. The first-order valence-corrected chi connectivity index (χ1v) is 10.9. The second-order valence-corrected chi connectivity index (χ2v) is 8.45. The molecular formula is C22H28N2O2S. The lowest BCUT2D eigenvalue weighted by Gasteiger charge is -2.34. The van der Waals surface area contributed by atoms with Crippen LogP contribution in [-0.4, -0.2) is 43.7 Å². The predicted octanol–water partition coefficient (Wildman–Crippen LogP) is 3.36. The third-order valence-electron chi connectivity index (χ3n) is 5.63. The van der Waals surface area contributed by atoms with E-state index < -0.39 is 0 Å². The highest BCUT2D eigenvalue weighted by Gasteiger charge is 2.24. The molecule has 1 saturated heterocycles. The van der Waals surface area contributed by atoms with Crippen molar-refractivity contribution in [1.82, 2.24) is 10.2 Å². The zero-order valence-electron chi connectivity index (χ0n) is 15.8. The first kappa shape index (κ1) is 18.7.